The predicted molar refractivity (Wildman–Crippen MR) is 112 cm³/mol. The minimum absolute atomic E-state index is 0.766. The van der Waals surface area contributed by atoms with Crippen LogP contribution in [0, 0.1) is 0 Å². The molecule has 0 amide bonds. The van der Waals surface area contributed by atoms with Crippen LogP contribution in [-0.2, 0) is 0 Å². The highest BCUT2D eigenvalue weighted by molar-refractivity contribution is 6.33. The van der Waals surface area contributed by atoms with Gasteiger partial charge in [0.1, 0.15) is 0 Å². The SMILES string of the molecule is Clc1cc(-c2cccc3c2[nH]c2ccccc23)ccc1-c1ccccc1. The van der Waals surface area contributed by atoms with Crippen molar-refractivity contribution in [2.45, 2.75) is 0 Å². The minimum Gasteiger partial charge on any atom is -0.354 e. The van der Waals surface area contributed by atoms with Crippen molar-refractivity contribution in [1.29, 1.82) is 0 Å². The lowest BCUT2D eigenvalue weighted by molar-refractivity contribution is 1.53. The Labute approximate surface area is 156 Å². The highest BCUT2D eigenvalue weighted by Gasteiger charge is 2.11. The fraction of sp³-hybridized carbons (Fsp3) is 0. The molecule has 0 saturated carbocycles. The lowest BCUT2D eigenvalue weighted by Gasteiger charge is -2.09. The van der Waals surface area contributed by atoms with Crippen LogP contribution in [0.3, 0.4) is 0 Å². The molecule has 4 aromatic carbocycles. The third-order valence-corrected chi connectivity index (χ3v) is 5.22. The number of aromatic amines is 1. The number of nitrogens with one attached hydrogen (secondary N) is 1. The first-order valence-electron chi connectivity index (χ1n) is 8.66. The zero-order valence-corrected chi connectivity index (χ0v) is 14.8. The Kier molecular flexibility index (Phi) is 3.55. The van der Waals surface area contributed by atoms with E-state index in [1.165, 1.54) is 16.3 Å². The zero-order valence-electron chi connectivity index (χ0n) is 14.0. The molecule has 0 aliphatic rings. The molecule has 1 nitrogen and oxygen atoms in total. The highest BCUT2D eigenvalue weighted by atomic mass is 35.5. The van der Waals surface area contributed by atoms with E-state index < -0.39 is 0 Å². The average Bonchev–Trinajstić information content (AvgIpc) is 3.07. The van der Waals surface area contributed by atoms with Crippen LogP contribution in [0.25, 0.3) is 44.1 Å². The van der Waals surface area contributed by atoms with Gasteiger partial charge in [-0.3, -0.25) is 0 Å². The van der Waals surface area contributed by atoms with Crippen molar-refractivity contribution in [1.82, 2.24) is 4.98 Å². The maximum atomic E-state index is 6.63. The first-order chi connectivity index (χ1) is 12.8. The Bertz CT molecular complexity index is 1240. The lowest BCUT2D eigenvalue weighted by Crippen LogP contribution is -1.84. The van der Waals surface area contributed by atoms with Gasteiger partial charge in [0.25, 0.3) is 0 Å². The molecule has 0 saturated heterocycles. The largest absolute Gasteiger partial charge is 0.354 e. The summed E-state index contributed by atoms with van der Waals surface area (Å²) >= 11 is 6.63. The first kappa shape index (κ1) is 15.2. The second-order valence-electron chi connectivity index (χ2n) is 6.46. The highest BCUT2D eigenvalue weighted by Crippen LogP contribution is 2.36. The number of para-hydroxylation sites is 2. The summed E-state index contributed by atoms with van der Waals surface area (Å²) < 4.78 is 0. The van der Waals surface area contributed by atoms with Gasteiger partial charge in [-0.25, -0.2) is 0 Å². The third-order valence-electron chi connectivity index (χ3n) is 4.91. The van der Waals surface area contributed by atoms with Gasteiger partial charge in [-0.05, 0) is 23.3 Å². The molecular formula is C24H16ClN. The lowest BCUT2D eigenvalue weighted by atomic mass is 9.98. The van der Waals surface area contributed by atoms with Crippen molar-refractivity contribution < 1.29 is 0 Å². The van der Waals surface area contributed by atoms with Gasteiger partial charge in [0.15, 0.2) is 0 Å². The van der Waals surface area contributed by atoms with Crippen molar-refractivity contribution in [2.75, 3.05) is 0 Å². The molecule has 0 bridgehead atoms. The van der Waals surface area contributed by atoms with Crippen molar-refractivity contribution in [3.05, 3.63) is 96.0 Å². The number of hydrogen-bond acceptors (Lipinski definition) is 0. The monoisotopic (exact) mass is 353 g/mol. The van der Waals surface area contributed by atoms with Gasteiger partial charge in [-0.2, -0.15) is 0 Å². The summed E-state index contributed by atoms with van der Waals surface area (Å²) in [6, 6.07) is 31.4. The van der Waals surface area contributed by atoms with Crippen molar-refractivity contribution in [3.63, 3.8) is 0 Å². The summed E-state index contributed by atoms with van der Waals surface area (Å²) in [6.45, 7) is 0. The van der Waals surface area contributed by atoms with Crippen LogP contribution in [-0.4, -0.2) is 4.98 Å². The summed E-state index contributed by atoms with van der Waals surface area (Å²) in [4.78, 5) is 3.57. The second-order valence-corrected chi connectivity index (χ2v) is 6.87. The summed E-state index contributed by atoms with van der Waals surface area (Å²) in [6.07, 6.45) is 0. The molecule has 0 fully saturated rings. The molecule has 0 atom stereocenters. The number of fused-ring (bicyclic) bond motifs is 3. The van der Waals surface area contributed by atoms with Crippen LogP contribution in [0.1, 0.15) is 0 Å². The van der Waals surface area contributed by atoms with Crippen LogP contribution >= 0.6 is 11.6 Å². The van der Waals surface area contributed by atoms with Crippen LogP contribution in [0.15, 0.2) is 91.0 Å². The minimum atomic E-state index is 0.766. The molecule has 0 aliphatic carbocycles. The van der Waals surface area contributed by atoms with E-state index >= 15 is 0 Å². The Morgan fingerprint density at radius 3 is 2.19 bits per heavy atom. The van der Waals surface area contributed by atoms with E-state index in [1.54, 1.807) is 0 Å². The summed E-state index contributed by atoms with van der Waals surface area (Å²) in [5.74, 6) is 0. The quantitative estimate of drug-likeness (QED) is 0.342. The molecule has 0 unspecified atom stereocenters. The molecule has 0 radical (unpaired) electrons. The van der Waals surface area contributed by atoms with E-state index in [9.17, 15) is 0 Å². The summed E-state index contributed by atoms with van der Waals surface area (Å²) in [7, 11) is 0. The van der Waals surface area contributed by atoms with E-state index in [4.69, 9.17) is 11.6 Å². The summed E-state index contributed by atoms with van der Waals surface area (Å²) in [5.41, 5.74) is 6.78. The standard InChI is InChI=1S/C24H16ClN/c25-22-15-17(13-14-18(22)16-7-2-1-3-8-16)19-10-6-11-21-20-9-4-5-12-23(20)26-24(19)21/h1-15,26H. The smallest absolute Gasteiger partial charge is 0.0544 e. The Hall–Kier alpha value is -3.03. The Balaban J connectivity index is 1.70. The average molecular weight is 354 g/mol. The van der Waals surface area contributed by atoms with Gasteiger partial charge in [0.2, 0.25) is 0 Å². The molecule has 0 spiro atoms. The molecule has 1 heterocycles. The molecule has 5 aromatic rings. The fourth-order valence-corrected chi connectivity index (χ4v) is 3.94. The number of aromatic nitrogens is 1. The van der Waals surface area contributed by atoms with E-state index in [-0.39, 0.29) is 0 Å². The van der Waals surface area contributed by atoms with Crippen LogP contribution in [0.5, 0.6) is 0 Å². The van der Waals surface area contributed by atoms with Gasteiger partial charge in [-0.1, -0.05) is 90.5 Å². The molecule has 124 valence electrons. The van der Waals surface area contributed by atoms with E-state index in [1.807, 2.05) is 18.2 Å². The fourth-order valence-electron chi connectivity index (χ4n) is 3.65. The van der Waals surface area contributed by atoms with Gasteiger partial charge < -0.3 is 4.98 Å². The van der Waals surface area contributed by atoms with Crippen LogP contribution in [0.4, 0.5) is 0 Å². The van der Waals surface area contributed by atoms with Crippen molar-refractivity contribution in [2.24, 2.45) is 0 Å². The first-order valence-corrected chi connectivity index (χ1v) is 9.04. The molecule has 1 aromatic heterocycles. The number of benzene rings is 4. The van der Waals surface area contributed by atoms with Gasteiger partial charge in [-0.15, -0.1) is 0 Å². The van der Waals surface area contributed by atoms with E-state index in [0.717, 1.165) is 32.7 Å². The third kappa shape index (κ3) is 2.40. The molecule has 1 N–H and O–H groups in total. The second kappa shape index (κ2) is 6.05. The molecule has 5 rings (SSSR count). The van der Waals surface area contributed by atoms with E-state index in [2.05, 4.69) is 77.8 Å². The van der Waals surface area contributed by atoms with Gasteiger partial charge in [0.05, 0.1) is 5.52 Å². The number of hydrogen-bond donors (Lipinski definition) is 1. The number of H-pyrrole nitrogens is 1. The maximum absolute atomic E-state index is 6.63. The zero-order chi connectivity index (χ0) is 17.5. The van der Waals surface area contributed by atoms with Crippen LogP contribution < -0.4 is 0 Å². The number of halogens is 1. The Morgan fingerprint density at radius 1 is 0.577 bits per heavy atom. The van der Waals surface area contributed by atoms with E-state index in [0.29, 0.717) is 0 Å². The van der Waals surface area contributed by atoms with Crippen LogP contribution in [0.2, 0.25) is 5.02 Å². The molecular weight excluding hydrogens is 338 g/mol. The molecule has 26 heavy (non-hydrogen) atoms. The van der Waals surface area contributed by atoms with Crippen molar-refractivity contribution >= 4 is 33.4 Å². The Morgan fingerprint density at radius 2 is 1.35 bits per heavy atom. The number of rotatable bonds is 2. The van der Waals surface area contributed by atoms with Gasteiger partial charge >= 0.3 is 0 Å². The maximum Gasteiger partial charge on any atom is 0.0544 e. The molecule has 2 heteroatoms. The predicted octanol–water partition coefficient (Wildman–Crippen LogP) is 7.31. The van der Waals surface area contributed by atoms with Gasteiger partial charge in [0, 0.05) is 32.4 Å². The topological polar surface area (TPSA) is 15.8 Å². The summed E-state index contributed by atoms with van der Waals surface area (Å²) in [5, 5.41) is 3.25. The van der Waals surface area contributed by atoms with Crippen molar-refractivity contribution in [3.8, 4) is 22.3 Å². The normalized spacial score (nSPS) is 11.3. The molecule has 0 aliphatic heterocycles.